The van der Waals surface area contributed by atoms with Gasteiger partial charge in [-0.05, 0) is 20.8 Å². The molecule has 4 heteroatoms. The highest BCUT2D eigenvalue weighted by Crippen LogP contribution is 2.16. The summed E-state index contributed by atoms with van der Waals surface area (Å²) in [5.74, 6) is 0. The molecule has 15 heavy (non-hydrogen) atoms. The molecule has 0 N–H and O–H groups in total. The zero-order chi connectivity index (χ0) is 10.8. The molecule has 0 radical (unpaired) electrons. The van der Waals surface area contributed by atoms with Gasteiger partial charge in [0, 0.05) is 24.0 Å². The van der Waals surface area contributed by atoms with Crippen LogP contribution in [0.4, 0.5) is 0 Å². The number of rotatable bonds is 2. The molecule has 0 aliphatic heterocycles. The number of nitrogens with zero attached hydrogens (tertiary/aromatic N) is 4. The first-order valence-corrected chi connectivity index (χ1v) is 5.00. The highest BCUT2D eigenvalue weighted by Gasteiger charge is 2.04. The summed E-state index contributed by atoms with van der Waals surface area (Å²) < 4.78 is 1.91. The highest BCUT2D eigenvalue weighted by molar-refractivity contribution is 5.55. The van der Waals surface area contributed by atoms with E-state index in [0.717, 1.165) is 17.0 Å². The van der Waals surface area contributed by atoms with Crippen molar-refractivity contribution in [2.45, 2.75) is 26.8 Å². The minimum Gasteiger partial charge on any atom is -0.270 e. The Morgan fingerprint density at radius 3 is 2.47 bits per heavy atom. The van der Waals surface area contributed by atoms with Gasteiger partial charge in [-0.3, -0.25) is 14.6 Å². The van der Waals surface area contributed by atoms with Gasteiger partial charge in [0.15, 0.2) is 0 Å². The van der Waals surface area contributed by atoms with Crippen LogP contribution in [0.15, 0.2) is 24.8 Å². The van der Waals surface area contributed by atoms with E-state index in [9.17, 15) is 0 Å². The smallest absolute Gasteiger partial charge is 0.0916 e. The third-order valence-corrected chi connectivity index (χ3v) is 2.21. The van der Waals surface area contributed by atoms with Crippen LogP contribution in [-0.2, 0) is 0 Å². The van der Waals surface area contributed by atoms with E-state index < -0.39 is 0 Å². The first kappa shape index (κ1) is 9.83. The fourth-order valence-electron chi connectivity index (χ4n) is 1.29. The Morgan fingerprint density at radius 2 is 1.93 bits per heavy atom. The Kier molecular flexibility index (Phi) is 2.49. The molecule has 0 fully saturated rings. The van der Waals surface area contributed by atoms with E-state index in [-0.39, 0.29) is 0 Å². The molecule has 0 saturated carbocycles. The highest BCUT2D eigenvalue weighted by atomic mass is 15.3. The number of aromatic nitrogens is 4. The van der Waals surface area contributed by atoms with Crippen LogP contribution in [0, 0.1) is 6.92 Å². The Balaban J connectivity index is 2.33. The van der Waals surface area contributed by atoms with Crippen molar-refractivity contribution in [3.63, 3.8) is 0 Å². The van der Waals surface area contributed by atoms with Crippen molar-refractivity contribution in [1.29, 1.82) is 0 Å². The van der Waals surface area contributed by atoms with Gasteiger partial charge in [0.25, 0.3) is 0 Å². The molecule has 0 atom stereocenters. The molecule has 0 aliphatic rings. The van der Waals surface area contributed by atoms with Gasteiger partial charge in [0.1, 0.15) is 0 Å². The molecule has 0 aromatic carbocycles. The van der Waals surface area contributed by atoms with E-state index in [1.807, 2.05) is 24.0 Å². The predicted molar refractivity (Wildman–Crippen MR) is 58.4 cm³/mol. The SMILES string of the molecule is Cc1cnc(-c2cnn(C(C)C)c2)cn1. The lowest BCUT2D eigenvalue weighted by molar-refractivity contribution is 0.532. The standard InChI is InChI=1S/C11H14N4/c1-8(2)15-7-10(5-14-15)11-6-12-9(3)4-13-11/h4-8H,1-3H3. The average Bonchev–Trinajstić information content (AvgIpc) is 2.68. The zero-order valence-electron chi connectivity index (χ0n) is 9.18. The van der Waals surface area contributed by atoms with Gasteiger partial charge in [-0.25, -0.2) is 0 Å². The molecule has 4 nitrogen and oxygen atoms in total. The van der Waals surface area contributed by atoms with Crippen LogP contribution in [0.2, 0.25) is 0 Å². The summed E-state index contributed by atoms with van der Waals surface area (Å²) in [7, 11) is 0. The maximum atomic E-state index is 4.31. The summed E-state index contributed by atoms with van der Waals surface area (Å²) in [6.07, 6.45) is 7.35. The van der Waals surface area contributed by atoms with Crippen LogP contribution in [0.1, 0.15) is 25.6 Å². The molecule has 0 amide bonds. The molecule has 0 aliphatic carbocycles. The van der Waals surface area contributed by atoms with Gasteiger partial charge in [-0.15, -0.1) is 0 Å². The van der Waals surface area contributed by atoms with Gasteiger partial charge >= 0.3 is 0 Å². The maximum absolute atomic E-state index is 4.31. The lowest BCUT2D eigenvalue weighted by atomic mass is 10.2. The third kappa shape index (κ3) is 2.03. The van der Waals surface area contributed by atoms with Crippen molar-refractivity contribution in [3.05, 3.63) is 30.5 Å². The molecule has 0 spiro atoms. The minimum absolute atomic E-state index is 0.372. The van der Waals surface area contributed by atoms with Crippen molar-refractivity contribution in [3.8, 4) is 11.3 Å². The van der Waals surface area contributed by atoms with E-state index in [0.29, 0.717) is 6.04 Å². The number of hydrogen-bond acceptors (Lipinski definition) is 3. The molecule has 2 rings (SSSR count). The number of hydrogen-bond donors (Lipinski definition) is 0. The van der Waals surface area contributed by atoms with Crippen LogP contribution in [0.5, 0.6) is 0 Å². The van der Waals surface area contributed by atoms with Crippen molar-refractivity contribution in [2.75, 3.05) is 0 Å². The molecular weight excluding hydrogens is 188 g/mol. The first-order chi connectivity index (χ1) is 7.16. The van der Waals surface area contributed by atoms with Crippen LogP contribution in [-0.4, -0.2) is 19.7 Å². The maximum Gasteiger partial charge on any atom is 0.0916 e. The van der Waals surface area contributed by atoms with Crippen molar-refractivity contribution in [2.24, 2.45) is 0 Å². The summed E-state index contributed by atoms with van der Waals surface area (Å²) in [6.45, 7) is 6.11. The molecule has 2 aromatic heterocycles. The Hall–Kier alpha value is -1.71. The van der Waals surface area contributed by atoms with Gasteiger partial charge in [0.2, 0.25) is 0 Å². The Bertz CT molecular complexity index is 442. The lowest BCUT2D eigenvalue weighted by Crippen LogP contribution is -1.99. The first-order valence-electron chi connectivity index (χ1n) is 5.00. The van der Waals surface area contributed by atoms with E-state index in [4.69, 9.17) is 0 Å². The van der Waals surface area contributed by atoms with Crippen LogP contribution >= 0.6 is 0 Å². The van der Waals surface area contributed by atoms with Crippen molar-refractivity contribution >= 4 is 0 Å². The van der Waals surface area contributed by atoms with Crippen LogP contribution in [0.25, 0.3) is 11.3 Å². The van der Waals surface area contributed by atoms with E-state index in [1.54, 1.807) is 12.4 Å². The van der Waals surface area contributed by atoms with Crippen LogP contribution < -0.4 is 0 Å². The second-order valence-corrected chi connectivity index (χ2v) is 3.85. The van der Waals surface area contributed by atoms with E-state index >= 15 is 0 Å². The Labute approximate surface area is 89.0 Å². The molecule has 0 bridgehead atoms. The summed E-state index contributed by atoms with van der Waals surface area (Å²) in [5, 5.41) is 4.26. The lowest BCUT2D eigenvalue weighted by Gasteiger charge is -2.02. The largest absolute Gasteiger partial charge is 0.270 e. The monoisotopic (exact) mass is 202 g/mol. The van der Waals surface area contributed by atoms with E-state index in [1.165, 1.54) is 0 Å². The molecular formula is C11H14N4. The average molecular weight is 202 g/mol. The quantitative estimate of drug-likeness (QED) is 0.750. The van der Waals surface area contributed by atoms with Gasteiger partial charge in [0.05, 0.1) is 23.8 Å². The van der Waals surface area contributed by atoms with Crippen molar-refractivity contribution < 1.29 is 0 Å². The Morgan fingerprint density at radius 1 is 1.13 bits per heavy atom. The minimum atomic E-state index is 0.372. The van der Waals surface area contributed by atoms with Gasteiger partial charge in [-0.2, -0.15) is 5.10 Å². The normalized spacial score (nSPS) is 10.9. The summed E-state index contributed by atoms with van der Waals surface area (Å²) in [4.78, 5) is 8.52. The van der Waals surface area contributed by atoms with Gasteiger partial charge < -0.3 is 0 Å². The topological polar surface area (TPSA) is 43.6 Å². The second-order valence-electron chi connectivity index (χ2n) is 3.85. The van der Waals surface area contributed by atoms with Crippen LogP contribution in [0.3, 0.4) is 0 Å². The van der Waals surface area contributed by atoms with Gasteiger partial charge in [-0.1, -0.05) is 0 Å². The fraction of sp³-hybridized carbons (Fsp3) is 0.364. The molecule has 0 saturated heterocycles. The fourth-order valence-corrected chi connectivity index (χ4v) is 1.29. The summed E-state index contributed by atoms with van der Waals surface area (Å²) in [5.41, 5.74) is 2.80. The predicted octanol–water partition coefficient (Wildman–Crippen LogP) is 2.23. The second kappa shape index (κ2) is 3.81. The van der Waals surface area contributed by atoms with E-state index in [2.05, 4.69) is 28.9 Å². The summed E-state index contributed by atoms with van der Waals surface area (Å²) in [6, 6.07) is 0.372. The molecule has 2 heterocycles. The number of aryl methyl sites for hydroxylation is 1. The summed E-state index contributed by atoms with van der Waals surface area (Å²) >= 11 is 0. The van der Waals surface area contributed by atoms with Crippen molar-refractivity contribution in [1.82, 2.24) is 19.7 Å². The molecule has 0 unspecified atom stereocenters. The molecule has 78 valence electrons. The third-order valence-electron chi connectivity index (χ3n) is 2.21. The molecule has 2 aromatic rings. The zero-order valence-corrected chi connectivity index (χ0v) is 9.18.